The molecule has 2 aromatic rings. The zero-order valence-corrected chi connectivity index (χ0v) is 8.15. The molecule has 0 heterocycles. The number of fused-ring (bicyclic) bond motifs is 1. The zero-order valence-electron chi connectivity index (χ0n) is 8.15. The predicted octanol–water partition coefficient (Wildman–Crippen LogP) is 3.48. The molecular weight excluding hydrogens is 214 g/mol. The van der Waals surface area contributed by atoms with Gasteiger partial charge in [-0.05, 0) is 22.9 Å². The molecule has 0 bridgehead atoms. The van der Waals surface area contributed by atoms with Crippen LogP contribution in [0, 0.1) is 0 Å². The highest BCUT2D eigenvalue weighted by atomic mass is 19.3. The van der Waals surface area contributed by atoms with E-state index in [2.05, 4.69) is 0 Å². The smallest absolute Gasteiger partial charge is 0.336 e. The number of hydrogen-bond donors (Lipinski definition) is 1. The summed E-state index contributed by atoms with van der Waals surface area (Å²) in [6.45, 7) is 0. The third-order valence-electron chi connectivity index (χ3n) is 2.39. The first-order valence-electron chi connectivity index (χ1n) is 4.63. The molecule has 2 aromatic carbocycles. The van der Waals surface area contributed by atoms with E-state index in [1.807, 2.05) is 0 Å². The fraction of sp³-hybridized carbons (Fsp3) is 0.0833. The van der Waals surface area contributed by atoms with E-state index in [4.69, 9.17) is 5.11 Å². The van der Waals surface area contributed by atoms with Gasteiger partial charge in [0.2, 0.25) is 0 Å². The van der Waals surface area contributed by atoms with Crippen molar-refractivity contribution in [3.05, 3.63) is 47.5 Å². The van der Waals surface area contributed by atoms with Gasteiger partial charge in [0.15, 0.2) is 0 Å². The van der Waals surface area contributed by atoms with Gasteiger partial charge < -0.3 is 5.11 Å². The third kappa shape index (κ3) is 1.74. The van der Waals surface area contributed by atoms with E-state index in [1.165, 1.54) is 24.3 Å². The Hall–Kier alpha value is -1.97. The summed E-state index contributed by atoms with van der Waals surface area (Å²) in [5.41, 5.74) is 0.0216. The minimum Gasteiger partial charge on any atom is -0.478 e. The molecule has 0 atom stereocenters. The zero-order chi connectivity index (χ0) is 11.7. The Morgan fingerprint density at radius 2 is 1.94 bits per heavy atom. The maximum absolute atomic E-state index is 12.4. The molecule has 4 heteroatoms. The van der Waals surface area contributed by atoms with Gasteiger partial charge in [-0.1, -0.05) is 24.3 Å². The van der Waals surface area contributed by atoms with Crippen molar-refractivity contribution in [2.24, 2.45) is 0 Å². The Balaban J connectivity index is 2.69. The Morgan fingerprint density at radius 1 is 1.19 bits per heavy atom. The van der Waals surface area contributed by atoms with E-state index in [9.17, 15) is 13.6 Å². The van der Waals surface area contributed by atoms with Crippen LogP contribution in [0.4, 0.5) is 8.78 Å². The summed E-state index contributed by atoms with van der Waals surface area (Å²) in [4.78, 5) is 10.9. The van der Waals surface area contributed by atoms with Crippen LogP contribution < -0.4 is 0 Å². The molecule has 0 aliphatic heterocycles. The molecule has 0 aliphatic rings. The number of benzene rings is 2. The molecule has 0 unspecified atom stereocenters. The van der Waals surface area contributed by atoms with Gasteiger partial charge in [0.25, 0.3) is 6.43 Å². The Bertz CT molecular complexity index is 550. The molecule has 0 fully saturated rings. The van der Waals surface area contributed by atoms with E-state index in [-0.39, 0.29) is 11.1 Å². The van der Waals surface area contributed by atoms with Gasteiger partial charge in [-0.2, -0.15) is 0 Å². The molecule has 0 spiro atoms. The number of carbonyl (C=O) groups is 1. The lowest BCUT2D eigenvalue weighted by atomic mass is 10.0. The largest absolute Gasteiger partial charge is 0.478 e. The monoisotopic (exact) mass is 222 g/mol. The molecule has 82 valence electrons. The van der Waals surface area contributed by atoms with Crippen LogP contribution in [0.15, 0.2) is 36.4 Å². The quantitative estimate of drug-likeness (QED) is 0.844. The summed E-state index contributed by atoms with van der Waals surface area (Å²) in [6.07, 6.45) is -2.54. The van der Waals surface area contributed by atoms with E-state index in [1.54, 1.807) is 12.1 Å². The van der Waals surface area contributed by atoms with Gasteiger partial charge in [0.1, 0.15) is 0 Å². The topological polar surface area (TPSA) is 37.3 Å². The minimum absolute atomic E-state index is 0.102. The number of aromatic carboxylic acids is 1. The third-order valence-corrected chi connectivity index (χ3v) is 2.39. The molecule has 0 radical (unpaired) electrons. The van der Waals surface area contributed by atoms with Crippen LogP contribution in [-0.2, 0) is 0 Å². The molecule has 0 aromatic heterocycles. The standard InChI is InChI=1S/C12H8F2O2/c13-11(14)8-4-5-9-7(6-8)2-1-3-10(9)12(15)16/h1-6,11H,(H,15,16). The summed E-state index contributed by atoms with van der Waals surface area (Å²) in [6, 6.07) is 8.59. The van der Waals surface area contributed by atoms with Crippen molar-refractivity contribution in [2.75, 3.05) is 0 Å². The molecular formula is C12H8F2O2. The first-order chi connectivity index (χ1) is 7.59. The van der Waals surface area contributed by atoms with Crippen molar-refractivity contribution in [3.8, 4) is 0 Å². The average molecular weight is 222 g/mol. The van der Waals surface area contributed by atoms with Crippen molar-refractivity contribution in [3.63, 3.8) is 0 Å². The Kier molecular flexibility index (Phi) is 2.56. The Morgan fingerprint density at radius 3 is 2.56 bits per heavy atom. The van der Waals surface area contributed by atoms with Crippen LogP contribution in [0.5, 0.6) is 0 Å². The molecule has 0 amide bonds. The lowest BCUT2D eigenvalue weighted by Crippen LogP contribution is -1.97. The number of hydrogen-bond acceptors (Lipinski definition) is 1. The highest BCUT2D eigenvalue weighted by Gasteiger charge is 2.11. The highest BCUT2D eigenvalue weighted by molar-refractivity contribution is 6.03. The van der Waals surface area contributed by atoms with Crippen molar-refractivity contribution in [2.45, 2.75) is 6.43 Å². The summed E-state index contributed by atoms with van der Waals surface area (Å²) in [5.74, 6) is -1.06. The maximum atomic E-state index is 12.4. The molecule has 1 N–H and O–H groups in total. The van der Waals surface area contributed by atoms with Gasteiger partial charge in [0.05, 0.1) is 5.56 Å². The van der Waals surface area contributed by atoms with Crippen molar-refractivity contribution in [1.29, 1.82) is 0 Å². The summed E-state index contributed by atoms with van der Waals surface area (Å²) in [5, 5.41) is 9.90. The van der Waals surface area contributed by atoms with Crippen LogP contribution in [0.1, 0.15) is 22.3 Å². The fourth-order valence-corrected chi connectivity index (χ4v) is 1.62. The van der Waals surface area contributed by atoms with Gasteiger partial charge in [-0.25, -0.2) is 13.6 Å². The normalized spacial score (nSPS) is 10.9. The van der Waals surface area contributed by atoms with E-state index < -0.39 is 12.4 Å². The molecule has 2 rings (SSSR count). The Labute approximate surface area is 90.1 Å². The van der Waals surface area contributed by atoms with Gasteiger partial charge in [0, 0.05) is 5.56 Å². The lowest BCUT2D eigenvalue weighted by Gasteiger charge is -2.05. The maximum Gasteiger partial charge on any atom is 0.336 e. The second-order valence-corrected chi connectivity index (χ2v) is 3.39. The van der Waals surface area contributed by atoms with Crippen molar-refractivity contribution >= 4 is 16.7 Å². The average Bonchev–Trinajstić information content (AvgIpc) is 2.27. The van der Waals surface area contributed by atoms with Crippen molar-refractivity contribution in [1.82, 2.24) is 0 Å². The minimum atomic E-state index is -2.54. The molecule has 2 nitrogen and oxygen atoms in total. The fourth-order valence-electron chi connectivity index (χ4n) is 1.62. The lowest BCUT2D eigenvalue weighted by molar-refractivity contribution is 0.0699. The number of halogens is 2. The predicted molar refractivity (Wildman–Crippen MR) is 55.9 cm³/mol. The van der Waals surface area contributed by atoms with Gasteiger partial charge in [-0.3, -0.25) is 0 Å². The van der Waals surface area contributed by atoms with E-state index in [0.717, 1.165) is 0 Å². The SMILES string of the molecule is O=C(O)c1cccc2cc(C(F)F)ccc12. The number of carboxylic acids is 1. The second-order valence-electron chi connectivity index (χ2n) is 3.39. The van der Waals surface area contributed by atoms with Crippen LogP contribution in [0.2, 0.25) is 0 Å². The van der Waals surface area contributed by atoms with Crippen LogP contribution in [0.25, 0.3) is 10.8 Å². The van der Waals surface area contributed by atoms with E-state index >= 15 is 0 Å². The summed E-state index contributed by atoms with van der Waals surface area (Å²) < 4.78 is 24.9. The van der Waals surface area contributed by atoms with Crippen LogP contribution in [0.3, 0.4) is 0 Å². The summed E-state index contributed by atoms with van der Waals surface area (Å²) >= 11 is 0. The second kappa shape index (κ2) is 3.89. The van der Waals surface area contributed by atoms with Crippen molar-refractivity contribution < 1.29 is 18.7 Å². The molecule has 0 saturated carbocycles. The summed E-state index contributed by atoms with van der Waals surface area (Å²) in [7, 11) is 0. The van der Waals surface area contributed by atoms with Gasteiger partial charge >= 0.3 is 5.97 Å². The van der Waals surface area contributed by atoms with E-state index in [0.29, 0.717) is 10.8 Å². The first-order valence-corrected chi connectivity index (χ1v) is 4.63. The number of alkyl halides is 2. The number of carboxylic acid groups (broad SMARTS) is 1. The molecule has 0 saturated heterocycles. The molecule has 0 aliphatic carbocycles. The van der Waals surface area contributed by atoms with Crippen LogP contribution >= 0.6 is 0 Å². The first kappa shape index (κ1) is 10.5. The number of rotatable bonds is 2. The van der Waals surface area contributed by atoms with Crippen LogP contribution in [-0.4, -0.2) is 11.1 Å². The molecule has 16 heavy (non-hydrogen) atoms. The highest BCUT2D eigenvalue weighted by Crippen LogP contribution is 2.25. The van der Waals surface area contributed by atoms with Gasteiger partial charge in [-0.15, -0.1) is 0 Å².